The number of nitrogens with zero attached hydrogens (tertiary/aromatic N) is 2. The van der Waals surface area contributed by atoms with E-state index >= 15 is 0 Å². The average Bonchev–Trinajstić information content (AvgIpc) is 2.37. The van der Waals surface area contributed by atoms with Crippen molar-refractivity contribution in [2.75, 3.05) is 5.43 Å². The fourth-order valence-corrected chi connectivity index (χ4v) is 1.71. The second-order valence-electron chi connectivity index (χ2n) is 3.66. The quantitative estimate of drug-likeness (QED) is 0.657. The molecule has 0 unspecified atom stereocenters. The molecule has 2 aromatic rings. The molecule has 0 spiro atoms. The summed E-state index contributed by atoms with van der Waals surface area (Å²) in [5, 5.41) is 0. The van der Waals surface area contributed by atoms with E-state index in [9.17, 15) is 13.2 Å². The molecule has 0 amide bonds. The number of nitrogens with one attached hydrogen (secondary N) is 1. The number of alkyl halides is 3. The lowest BCUT2D eigenvalue weighted by Crippen LogP contribution is -2.12. The zero-order valence-corrected chi connectivity index (χ0v) is 11.4. The van der Waals surface area contributed by atoms with Crippen LogP contribution in [0.1, 0.15) is 5.56 Å². The van der Waals surface area contributed by atoms with Gasteiger partial charge < -0.3 is 10.2 Å². The SMILES string of the molecule is NNc1cc(C(F)(F)F)cc(Oc2cncc(Br)c2)n1. The number of nitrogen functional groups attached to an aromatic ring is 1. The van der Waals surface area contributed by atoms with Crippen LogP contribution in [-0.4, -0.2) is 9.97 Å². The van der Waals surface area contributed by atoms with Crippen LogP contribution in [0.5, 0.6) is 11.6 Å². The monoisotopic (exact) mass is 348 g/mol. The summed E-state index contributed by atoms with van der Waals surface area (Å²) < 4.78 is 44.0. The van der Waals surface area contributed by atoms with E-state index in [1.165, 1.54) is 12.4 Å². The van der Waals surface area contributed by atoms with Crippen LogP contribution in [0.2, 0.25) is 0 Å². The number of rotatable bonds is 3. The molecule has 0 aliphatic rings. The lowest BCUT2D eigenvalue weighted by atomic mass is 10.2. The Hall–Kier alpha value is -1.87. The summed E-state index contributed by atoms with van der Waals surface area (Å²) in [6, 6.07) is 3.11. The van der Waals surface area contributed by atoms with E-state index in [2.05, 4.69) is 31.3 Å². The summed E-state index contributed by atoms with van der Waals surface area (Å²) in [5.41, 5.74) is 1.14. The molecule has 106 valence electrons. The number of nitrogens with two attached hydrogens (primary N) is 1. The van der Waals surface area contributed by atoms with Crippen LogP contribution in [0.15, 0.2) is 35.1 Å². The molecule has 0 atom stereocenters. The molecular weight excluding hydrogens is 341 g/mol. The molecule has 5 nitrogen and oxygen atoms in total. The number of hydrogen-bond donors (Lipinski definition) is 2. The number of hydrogen-bond acceptors (Lipinski definition) is 5. The fourth-order valence-electron chi connectivity index (χ4n) is 1.36. The Balaban J connectivity index is 2.36. The molecule has 20 heavy (non-hydrogen) atoms. The molecule has 0 bridgehead atoms. The zero-order valence-electron chi connectivity index (χ0n) is 9.78. The first kappa shape index (κ1) is 14.5. The fraction of sp³-hybridized carbons (Fsp3) is 0.0909. The van der Waals surface area contributed by atoms with E-state index < -0.39 is 11.7 Å². The molecular formula is C11H8BrF3N4O. The minimum absolute atomic E-state index is 0.155. The molecule has 0 aromatic carbocycles. The smallest absolute Gasteiger partial charge is 0.416 e. The first-order chi connectivity index (χ1) is 9.38. The summed E-state index contributed by atoms with van der Waals surface area (Å²) in [4.78, 5) is 7.62. The van der Waals surface area contributed by atoms with Crippen molar-refractivity contribution in [1.82, 2.24) is 9.97 Å². The van der Waals surface area contributed by atoms with Crippen LogP contribution < -0.4 is 16.0 Å². The first-order valence-corrected chi connectivity index (χ1v) is 6.02. The minimum atomic E-state index is -4.53. The van der Waals surface area contributed by atoms with Crippen LogP contribution in [0.25, 0.3) is 0 Å². The van der Waals surface area contributed by atoms with Gasteiger partial charge in [0.05, 0.1) is 11.8 Å². The first-order valence-electron chi connectivity index (χ1n) is 5.23. The van der Waals surface area contributed by atoms with Gasteiger partial charge in [-0.3, -0.25) is 4.98 Å². The van der Waals surface area contributed by atoms with Crippen LogP contribution >= 0.6 is 15.9 Å². The van der Waals surface area contributed by atoms with Crippen molar-refractivity contribution in [3.8, 4) is 11.6 Å². The third kappa shape index (κ3) is 3.58. The topological polar surface area (TPSA) is 73.1 Å². The van der Waals surface area contributed by atoms with E-state index in [0.717, 1.165) is 12.1 Å². The highest BCUT2D eigenvalue weighted by Crippen LogP contribution is 2.33. The van der Waals surface area contributed by atoms with E-state index in [4.69, 9.17) is 10.6 Å². The molecule has 0 saturated carbocycles. The Morgan fingerprint density at radius 2 is 1.95 bits per heavy atom. The summed E-state index contributed by atoms with van der Waals surface area (Å²) in [5.74, 6) is 4.94. The number of halogens is 4. The summed E-state index contributed by atoms with van der Waals surface area (Å²) >= 11 is 3.17. The summed E-state index contributed by atoms with van der Waals surface area (Å²) in [6.45, 7) is 0. The minimum Gasteiger partial charge on any atom is -0.437 e. The Morgan fingerprint density at radius 1 is 1.20 bits per heavy atom. The second-order valence-corrected chi connectivity index (χ2v) is 4.58. The molecule has 0 saturated heterocycles. The third-order valence-electron chi connectivity index (χ3n) is 2.18. The summed E-state index contributed by atoms with van der Waals surface area (Å²) in [6.07, 6.45) is -1.66. The van der Waals surface area contributed by atoms with Crippen LogP contribution in [0.4, 0.5) is 19.0 Å². The Labute approximate surface area is 120 Å². The molecule has 0 radical (unpaired) electrons. The van der Waals surface area contributed by atoms with Crippen LogP contribution in [0, 0.1) is 0 Å². The van der Waals surface area contributed by atoms with Crippen molar-refractivity contribution in [2.45, 2.75) is 6.18 Å². The van der Waals surface area contributed by atoms with Gasteiger partial charge in [0.1, 0.15) is 11.6 Å². The molecule has 2 aromatic heterocycles. The summed E-state index contributed by atoms with van der Waals surface area (Å²) in [7, 11) is 0. The number of ether oxygens (including phenoxy) is 1. The highest BCUT2D eigenvalue weighted by Gasteiger charge is 2.32. The number of aromatic nitrogens is 2. The van der Waals surface area contributed by atoms with Gasteiger partial charge in [0, 0.05) is 16.7 Å². The second kappa shape index (κ2) is 5.63. The molecule has 2 rings (SSSR count). The van der Waals surface area contributed by atoms with Crippen LogP contribution in [-0.2, 0) is 6.18 Å². The normalized spacial score (nSPS) is 11.2. The van der Waals surface area contributed by atoms with Crippen molar-refractivity contribution in [1.29, 1.82) is 0 Å². The van der Waals surface area contributed by atoms with Crippen molar-refractivity contribution in [3.05, 3.63) is 40.6 Å². The maximum absolute atomic E-state index is 12.7. The highest BCUT2D eigenvalue weighted by atomic mass is 79.9. The lowest BCUT2D eigenvalue weighted by molar-refractivity contribution is -0.137. The van der Waals surface area contributed by atoms with Gasteiger partial charge in [0.15, 0.2) is 0 Å². The van der Waals surface area contributed by atoms with Crippen LogP contribution in [0.3, 0.4) is 0 Å². The predicted octanol–water partition coefficient (Wildman–Crippen LogP) is 3.34. The van der Waals surface area contributed by atoms with E-state index in [1.807, 2.05) is 0 Å². The number of hydrazine groups is 1. The Bertz CT molecular complexity index is 621. The molecule has 0 aliphatic carbocycles. The lowest BCUT2D eigenvalue weighted by Gasteiger charge is -2.11. The number of anilines is 1. The molecule has 0 aliphatic heterocycles. The largest absolute Gasteiger partial charge is 0.437 e. The molecule has 0 fully saturated rings. The number of pyridine rings is 2. The van der Waals surface area contributed by atoms with Crippen molar-refractivity contribution in [3.63, 3.8) is 0 Å². The van der Waals surface area contributed by atoms with Gasteiger partial charge in [-0.2, -0.15) is 18.2 Å². The third-order valence-corrected chi connectivity index (χ3v) is 2.61. The molecule has 9 heteroatoms. The van der Waals surface area contributed by atoms with Gasteiger partial charge in [0.25, 0.3) is 0 Å². The van der Waals surface area contributed by atoms with E-state index in [1.54, 1.807) is 6.07 Å². The van der Waals surface area contributed by atoms with Crippen molar-refractivity contribution >= 4 is 21.7 Å². The van der Waals surface area contributed by atoms with E-state index in [0.29, 0.717) is 4.47 Å². The molecule has 2 heterocycles. The van der Waals surface area contributed by atoms with Gasteiger partial charge in [-0.15, -0.1) is 0 Å². The zero-order chi connectivity index (χ0) is 14.8. The Morgan fingerprint density at radius 3 is 2.55 bits per heavy atom. The van der Waals surface area contributed by atoms with Gasteiger partial charge in [-0.25, -0.2) is 5.84 Å². The van der Waals surface area contributed by atoms with Gasteiger partial charge in [0.2, 0.25) is 5.88 Å². The molecule has 3 N–H and O–H groups in total. The average molecular weight is 349 g/mol. The standard InChI is InChI=1S/C11H8BrF3N4O/c12-7-3-8(5-17-4-7)20-10-2-6(11(13,14)15)1-9(18-10)19-16/h1-5H,16H2,(H,18,19). The van der Waals surface area contributed by atoms with Gasteiger partial charge in [-0.1, -0.05) is 0 Å². The van der Waals surface area contributed by atoms with Crippen molar-refractivity contribution < 1.29 is 17.9 Å². The van der Waals surface area contributed by atoms with E-state index in [-0.39, 0.29) is 17.4 Å². The predicted molar refractivity (Wildman–Crippen MR) is 69.1 cm³/mol. The van der Waals surface area contributed by atoms with Gasteiger partial charge in [-0.05, 0) is 28.1 Å². The highest BCUT2D eigenvalue weighted by molar-refractivity contribution is 9.10. The van der Waals surface area contributed by atoms with Crippen molar-refractivity contribution in [2.24, 2.45) is 5.84 Å². The van der Waals surface area contributed by atoms with Gasteiger partial charge >= 0.3 is 6.18 Å². The Kier molecular flexibility index (Phi) is 4.09. The maximum Gasteiger partial charge on any atom is 0.416 e. The maximum atomic E-state index is 12.7.